The van der Waals surface area contributed by atoms with E-state index in [0.717, 1.165) is 34.0 Å². The molecule has 0 fully saturated rings. The minimum atomic E-state index is 0.439. The van der Waals surface area contributed by atoms with Gasteiger partial charge in [0.05, 0.1) is 7.11 Å². The van der Waals surface area contributed by atoms with Crippen LogP contribution < -0.4 is 10.1 Å². The van der Waals surface area contributed by atoms with Crippen LogP contribution in [0.1, 0.15) is 19.4 Å². The molecule has 0 aliphatic rings. The summed E-state index contributed by atoms with van der Waals surface area (Å²) >= 11 is 6.06. The second kappa shape index (κ2) is 6.78. The van der Waals surface area contributed by atoms with Crippen LogP contribution in [-0.2, 0) is 6.54 Å². The van der Waals surface area contributed by atoms with Crippen LogP contribution in [0, 0.1) is 0 Å². The summed E-state index contributed by atoms with van der Waals surface area (Å²) < 4.78 is 5.43. The first kappa shape index (κ1) is 14.9. The Morgan fingerprint density at radius 3 is 2.50 bits per heavy atom. The third-order valence-corrected chi connectivity index (χ3v) is 3.37. The van der Waals surface area contributed by atoms with E-state index in [2.05, 4.69) is 37.4 Å². The third-order valence-electron chi connectivity index (χ3n) is 3.14. The van der Waals surface area contributed by atoms with E-state index in [1.807, 2.05) is 24.3 Å². The van der Waals surface area contributed by atoms with Crippen molar-refractivity contribution < 1.29 is 4.74 Å². The molecule has 0 saturated carbocycles. The van der Waals surface area contributed by atoms with E-state index in [-0.39, 0.29) is 0 Å². The third kappa shape index (κ3) is 3.75. The smallest absolute Gasteiger partial charge is 0.123 e. The van der Waals surface area contributed by atoms with Crippen LogP contribution in [0.2, 0.25) is 5.02 Å². The minimum absolute atomic E-state index is 0.439. The fourth-order valence-corrected chi connectivity index (χ4v) is 2.27. The Balaban J connectivity index is 2.33. The largest absolute Gasteiger partial charge is 0.496 e. The monoisotopic (exact) mass is 289 g/mol. The lowest BCUT2D eigenvalue weighted by atomic mass is 10.0. The zero-order valence-corrected chi connectivity index (χ0v) is 12.9. The molecule has 2 aromatic rings. The summed E-state index contributed by atoms with van der Waals surface area (Å²) in [5, 5.41) is 4.17. The average Bonchev–Trinajstić information content (AvgIpc) is 2.44. The summed E-state index contributed by atoms with van der Waals surface area (Å²) in [5.74, 6) is 0.906. The number of rotatable bonds is 5. The van der Waals surface area contributed by atoms with Crippen molar-refractivity contribution in [3.8, 4) is 16.9 Å². The van der Waals surface area contributed by atoms with Crippen molar-refractivity contribution in [2.75, 3.05) is 7.11 Å². The van der Waals surface area contributed by atoms with Crippen LogP contribution in [0.4, 0.5) is 0 Å². The van der Waals surface area contributed by atoms with Gasteiger partial charge in [-0.3, -0.25) is 0 Å². The Morgan fingerprint density at radius 2 is 1.85 bits per heavy atom. The summed E-state index contributed by atoms with van der Waals surface area (Å²) in [7, 11) is 1.70. The molecule has 0 aliphatic heterocycles. The number of benzene rings is 2. The number of methoxy groups -OCH3 is 1. The van der Waals surface area contributed by atoms with Gasteiger partial charge in [-0.1, -0.05) is 43.6 Å². The fraction of sp³-hybridized carbons (Fsp3) is 0.294. The van der Waals surface area contributed by atoms with Crippen LogP contribution in [0.25, 0.3) is 11.1 Å². The van der Waals surface area contributed by atoms with Crippen molar-refractivity contribution in [2.24, 2.45) is 0 Å². The molecule has 106 valence electrons. The highest BCUT2D eigenvalue weighted by Gasteiger charge is 2.07. The molecule has 1 N–H and O–H groups in total. The number of hydrogen-bond donors (Lipinski definition) is 1. The van der Waals surface area contributed by atoms with Gasteiger partial charge < -0.3 is 10.1 Å². The molecule has 0 bridgehead atoms. The lowest BCUT2D eigenvalue weighted by Gasteiger charge is -2.13. The van der Waals surface area contributed by atoms with Crippen molar-refractivity contribution in [3.05, 3.63) is 53.1 Å². The molecule has 0 heterocycles. The average molecular weight is 290 g/mol. The molecule has 3 heteroatoms. The molecular formula is C17H20ClNO. The normalized spacial score (nSPS) is 10.8. The first-order valence-corrected chi connectivity index (χ1v) is 7.14. The zero-order chi connectivity index (χ0) is 14.5. The van der Waals surface area contributed by atoms with E-state index in [0.29, 0.717) is 6.04 Å². The highest BCUT2D eigenvalue weighted by atomic mass is 35.5. The maximum atomic E-state index is 6.06. The minimum Gasteiger partial charge on any atom is -0.496 e. The molecule has 0 spiro atoms. The predicted octanol–water partition coefficient (Wildman–Crippen LogP) is 4.51. The lowest BCUT2D eigenvalue weighted by Crippen LogP contribution is -2.22. The second-order valence-corrected chi connectivity index (χ2v) is 5.51. The highest BCUT2D eigenvalue weighted by Crippen LogP contribution is 2.28. The number of hydrogen-bond acceptors (Lipinski definition) is 2. The molecular weight excluding hydrogens is 270 g/mol. The summed E-state index contributed by atoms with van der Waals surface area (Å²) in [6.07, 6.45) is 0. The SMILES string of the molecule is COc1ccc(-c2cccc(Cl)c2)cc1CNC(C)C. The van der Waals surface area contributed by atoms with E-state index >= 15 is 0 Å². The summed E-state index contributed by atoms with van der Waals surface area (Å²) in [4.78, 5) is 0. The van der Waals surface area contributed by atoms with E-state index in [1.54, 1.807) is 7.11 Å². The van der Waals surface area contributed by atoms with Gasteiger partial charge >= 0.3 is 0 Å². The van der Waals surface area contributed by atoms with E-state index in [4.69, 9.17) is 16.3 Å². The molecule has 0 aliphatic carbocycles. The molecule has 0 aromatic heterocycles. The van der Waals surface area contributed by atoms with Gasteiger partial charge in [0.2, 0.25) is 0 Å². The molecule has 0 radical (unpaired) electrons. The van der Waals surface area contributed by atoms with Crippen molar-refractivity contribution >= 4 is 11.6 Å². The molecule has 20 heavy (non-hydrogen) atoms. The summed E-state index contributed by atoms with van der Waals surface area (Å²) in [6, 6.07) is 14.5. The molecule has 0 saturated heterocycles. The zero-order valence-electron chi connectivity index (χ0n) is 12.1. The molecule has 2 aromatic carbocycles. The van der Waals surface area contributed by atoms with Gasteiger partial charge in [-0.05, 0) is 35.4 Å². The molecule has 0 unspecified atom stereocenters. The Labute approximate surface area is 125 Å². The van der Waals surface area contributed by atoms with E-state index < -0.39 is 0 Å². The first-order valence-electron chi connectivity index (χ1n) is 6.76. The Morgan fingerprint density at radius 1 is 1.10 bits per heavy atom. The number of halogens is 1. The van der Waals surface area contributed by atoms with Crippen molar-refractivity contribution in [1.29, 1.82) is 0 Å². The number of ether oxygens (including phenoxy) is 1. The molecule has 0 amide bonds. The van der Waals surface area contributed by atoms with Crippen LogP contribution in [0.3, 0.4) is 0 Å². The molecule has 2 nitrogen and oxygen atoms in total. The maximum absolute atomic E-state index is 6.06. The van der Waals surface area contributed by atoms with Gasteiger partial charge in [-0.25, -0.2) is 0 Å². The van der Waals surface area contributed by atoms with Gasteiger partial charge in [-0.2, -0.15) is 0 Å². The summed E-state index contributed by atoms with van der Waals surface area (Å²) in [6.45, 7) is 5.05. The quantitative estimate of drug-likeness (QED) is 0.874. The van der Waals surface area contributed by atoms with Crippen molar-refractivity contribution in [3.63, 3.8) is 0 Å². The van der Waals surface area contributed by atoms with Gasteiger partial charge in [0.25, 0.3) is 0 Å². The van der Waals surface area contributed by atoms with Crippen LogP contribution >= 0.6 is 11.6 Å². The van der Waals surface area contributed by atoms with Crippen LogP contribution in [0.15, 0.2) is 42.5 Å². The summed E-state index contributed by atoms with van der Waals surface area (Å²) in [5.41, 5.74) is 3.42. The van der Waals surface area contributed by atoms with Crippen molar-refractivity contribution in [2.45, 2.75) is 26.4 Å². The Bertz CT molecular complexity index is 581. The van der Waals surface area contributed by atoms with Gasteiger partial charge in [0.15, 0.2) is 0 Å². The van der Waals surface area contributed by atoms with E-state index in [1.165, 1.54) is 0 Å². The van der Waals surface area contributed by atoms with Crippen LogP contribution in [-0.4, -0.2) is 13.2 Å². The van der Waals surface area contributed by atoms with E-state index in [9.17, 15) is 0 Å². The van der Waals surface area contributed by atoms with Gasteiger partial charge in [0, 0.05) is 23.2 Å². The molecule has 2 rings (SSSR count). The van der Waals surface area contributed by atoms with Crippen LogP contribution in [0.5, 0.6) is 5.75 Å². The van der Waals surface area contributed by atoms with Crippen molar-refractivity contribution in [1.82, 2.24) is 5.32 Å². The van der Waals surface area contributed by atoms with Gasteiger partial charge in [0.1, 0.15) is 5.75 Å². The first-order chi connectivity index (χ1) is 9.60. The number of nitrogens with one attached hydrogen (secondary N) is 1. The second-order valence-electron chi connectivity index (χ2n) is 5.07. The molecule has 0 atom stereocenters. The topological polar surface area (TPSA) is 21.3 Å². The van der Waals surface area contributed by atoms with Gasteiger partial charge in [-0.15, -0.1) is 0 Å². The highest BCUT2D eigenvalue weighted by molar-refractivity contribution is 6.30. The predicted molar refractivity (Wildman–Crippen MR) is 85.4 cm³/mol. The fourth-order valence-electron chi connectivity index (χ4n) is 2.08. The Hall–Kier alpha value is -1.51. The Kier molecular flexibility index (Phi) is 5.05. The lowest BCUT2D eigenvalue weighted by molar-refractivity contribution is 0.406. The standard InChI is InChI=1S/C17H20ClNO/c1-12(2)19-11-15-9-14(7-8-17(15)20-3)13-5-4-6-16(18)10-13/h4-10,12,19H,11H2,1-3H3. The maximum Gasteiger partial charge on any atom is 0.123 e.